The molecule has 0 fully saturated rings. The van der Waals surface area contributed by atoms with Crippen molar-refractivity contribution in [3.05, 3.63) is 94.3 Å². The number of nitrogens with two attached hydrogens (primary N) is 2. The van der Waals surface area contributed by atoms with E-state index in [-0.39, 0.29) is 27.4 Å². The Morgan fingerprint density at radius 2 is 1.75 bits per heavy atom. The molecule has 0 spiro atoms. The third-order valence-corrected chi connectivity index (χ3v) is 6.69. The number of methoxy groups -OCH3 is 1. The zero-order chi connectivity index (χ0) is 29.4. The van der Waals surface area contributed by atoms with Crippen molar-refractivity contribution < 1.29 is 14.3 Å². The monoisotopic (exact) mass is 582 g/mol. The summed E-state index contributed by atoms with van der Waals surface area (Å²) in [7, 11) is 1.55. The van der Waals surface area contributed by atoms with Gasteiger partial charge < -0.3 is 25.8 Å². The molecule has 40 heavy (non-hydrogen) atoms. The van der Waals surface area contributed by atoms with E-state index in [2.05, 4.69) is 36.1 Å². The lowest BCUT2D eigenvalue weighted by Gasteiger charge is -2.24. The minimum atomic E-state index is -0.496. The van der Waals surface area contributed by atoms with Gasteiger partial charge in [0.25, 0.3) is 11.8 Å². The molecular weight excluding hydrogens is 548 g/mol. The molecule has 7 N–H and O–H groups in total. The number of hydrogen-bond donors (Lipinski definition) is 5. The lowest BCUT2D eigenvalue weighted by molar-refractivity contribution is -0.117. The van der Waals surface area contributed by atoms with Crippen LogP contribution >= 0.6 is 23.5 Å². The molecule has 0 aromatic heterocycles. The van der Waals surface area contributed by atoms with Crippen LogP contribution in [-0.4, -0.2) is 25.2 Å². The third kappa shape index (κ3) is 7.84. The van der Waals surface area contributed by atoms with E-state index in [9.17, 15) is 9.59 Å². The summed E-state index contributed by atoms with van der Waals surface area (Å²) in [5.74, 6) is 5.79. The Labute approximate surface area is 244 Å². The van der Waals surface area contributed by atoms with Gasteiger partial charge in [-0.2, -0.15) is 0 Å². The SMILES string of the molecule is COc1c(NSC)cc(C(C)(C)C)cc1NC(=O)c1ccc(Cl)c(N(N)/C=C(\N)C(=O)NCc2ccccc2)c1. The van der Waals surface area contributed by atoms with E-state index in [4.69, 9.17) is 27.9 Å². The molecule has 212 valence electrons. The van der Waals surface area contributed by atoms with Gasteiger partial charge in [0.2, 0.25) is 0 Å². The molecule has 0 atom stereocenters. The Hall–Kier alpha value is -3.86. The Morgan fingerprint density at radius 3 is 2.38 bits per heavy atom. The Bertz CT molecular complexity index is 1390. The van der Waals surface area contributed by atoms with E-state index in [0.717, 1.165) is 21.8 Å². The van der Waals surface area contributed by atoms with Gasteiger partial charge in [0, 0.05) is 18.4 Å². The molecule has 0 heterocycles. The van der Waals surface area contributed by atoms with E-state index in [0.29, 0.717) is 18.0 Å². The van der Waals surface area contributed by atoms with Crippen molar-refractivity contribution in [1.82, 2.24) is 5.32 Å². The standard InChI is InChI=1S/C29H35ClN6O3S/c1-29(2,3)20-14-23(26(39-4)24(15-20)35-40-5)34-27(37)19-11-12-21(30)25(13-19)36(32)17-22(31)28(38)33-16-18-9-7-6-8-10-18/h6-15,17,35H,16,31-32H2,1-5H3,(H,33,38)(H,34,37)/b22-17-. The highest BCUT2D eigenvalue weighted by molar-refractivity contribution is 7.99. The zero-order valence-electron chi connectivity index (χ0n) is 23.2. The van der Waals surface area contributed by atoms with Crippen LogP contribution in [0.4, 0.5) is 17.1 Å². The molecule has 0 unspecified atom stereocenters. The molecule has 11 heteroatoms. The number of nitrogens with one attached hydrogen (secondary N) is 3. The molecule has 3 aromatic rings. The number of carbonyl (C=O) groups excluding carboxylic acids is 2. The number of ether oxygens (including phenoxy) is 1. The van der Waals surface area contributed by atoms with E-state index >= 15 is 0 Å². The Balaban J connectivity index is 1.83. The van der Waals surface area contributed by atoms with Crippen molar-refractivity contribution in [2.75, 3.05) is 28.4 Å². The van der Waals surface area contributed by atoms with Gasteiger partial charge in [0.15, 0.2) is 5.75 Å². The first-order valence-electron chi connectivity index (χ1n) is 12.4. The van der Waals surface area contributed by atoms with Gasteiger partial charge in [0.1, 0.15) is 5.70 Å². The number of hydrazine groups is 1. The van der Waals surface area contributed by atoms with Gasteiger partial charge in [-0.1, -0.05) is 74.7 Å². The van der Waals surface area contributed by atoms with Gasteiger partial charge in [-0.25, -0.2) is 5.84 Å². The predicted octanol–water partition coefficient (Wildman–Crippen LogP) is 5.38. The fourth-order valence-corrected chi connectivity index (χ4v) is 4.35. The third-order valence-electron chi connectivity index (χ3n) is 5.94. The smallest absolute Gasteiger partial charge is 0.268 e. The minimum Gasteiger partial charge on any atom is -0.492 e. The van der Waals surface area contributed by atoms with Gasteiger partial charge in [0.05, 0.1) is 35.4 Å². The highest BCUT2D eigenvalue weighted by Gasteiger charge is 2.22. The maximum absolute atomic E-state index is 13.3. The van der Waals surface area contributed by atoms with Gasteiger partial charge in [-0.05, 0) is 46.9 Å². The fourth-order valence-electron chi connectivity index (χ4n) is 3.76. The summed E-state index contributed by atoms with van der Waals surface area (Å²) in [5.41, 5.74) is 9.44. The van der Waals surface area contributed by atoms with Crippen molar-refractivity contribution >= 4 is 52.4 Å². The normalized spacial score (nSPS) is 11.5. The summed E-state index contributed by atoms with van der Waals surface area (Å²) in [6, 6.07) is 18.0. The van der Waals surface area contributed by atoms with Gasteiger partial charge in [-0.3, -0.25) is 14.6 Å². The molecule has 0 radical (unpaired) electrons. The number of benzene rings is 3. The first kappa shape index (κ1) is 30.7. The lowest BCUT2D eigenvalue weighted by Crippen LogP contribution is -2.33. The van der Waals surface area contributed by atoms with Crippen LogP contribution in [0, 0.1) is 0 Å². The molecule has 0 aliphatic heterocycles. The quantitative estimate of drug-likeness (QED) is 0.0930. The second-order valence-electron chi connectivity index (χ2n) is 9.94. The van der Waals surface area contributed by atoms with Crippen LogP contribution in [0.15, 0.2) is 72.6 Å². The fraction of sp³-hybridized carbons (Fsp3) is 0.241. The molecule has 0 saturated heterocycles. The molecule has 0 aliphatic rings. The topological polar surface area (TPSA) is 135 Å². The van der Waals surface area contributed by atoms with Crippen molar-refractivity contribution in [3.63, 3.8) is 0 Å². The first-order valence-corrected chi connectivity index (χ1v) is 14.0. The number of halogens is 1. The molecule has 2 amide bonds. The van der Waals surface area contributed by atoms with Crippen LogP contribution in [0.25, 0.3) is 0 Å². The number of carbonyl (C=O) groups is 2. The van der Waals surface area contributed by atoms with Crippen LogP contribution in [0.1, 0.15) is 42.3 Å². The minimum absolute atomic E-state index is 0.123. The summed E-state index contributed by atoms with van der Waals surface area (Å²) in [6.45, 7) is 6.58. The lowest BCUT2D eigenvalue weighted by atomic mass is 9.86. The van der Waals surface area contributed by atoms with E-state index in [1.54, 1.807) is 19.2 Å². The number of nitrogens with zero attached hydrogens (tertiary/aromatic N) is 1. The Morgan fingerprint density at radius 1 is 1.07 bits per heavy atom. The van der Waals surface area contributed by atoms with Crippen molar-refractivity contribution in [1.29, 1.82) is 0 Å². The number of amides is 2. The molecule has 3 aromatic carbocycles. The van der Waals surface area contributed by atoms with Crippen LogP contribution in [0.3, 0.4) is 0 Å². The summed E-state index contributed by atoms with van der Waals surface area (Å²) >= 11 is 7.80. The van der Waals surface area contributed by atoms with Crippen LogP contribution in [0.2, 0.25) is 5.02 Å². The van der Waals surface area contributed by atoms with Crippen molar-refractivity contribution in [2.45, 2.75) is 32.7 Å². The summed E-state index contributed by atoms with van der Waals surface area (Å²) in [4.78, 5) is 25.8. The van der Waals surface area contributed by atoms with Crippen LogP contribution in [0.5, 0.6) is 5.75 Å². The largest absolute Gasteiger partial charge is 0.492 e. The highest BCUT2D eigenvalue weighted by atomic mass is 35.5. The maximum atomic E-state index is 13.3. The average molecular weight is 583 g/mol. The van der Waals surface area contributed by atoms with E-state index in [1.807, 2.05) is 48.7 Å². The predicted molar refractivity (Wildman–Crippen MR) is 165 cm³/mol. The van der Waals surface area contributed by atoms with Crippen LogP contribution < -0.4 is 36.7 Å². The first-order chi connectivity index (χ1) is 18.9. The molecule has 0 bridgehead atoms. The van der Waals surface area contributed by atoms with Crippen molar-refractivity contribution in [3.8, 4) is 5.75 Å². The Kier molecular flexibility index (Phi) is 10.3. The summed E-state index contributed by atoms with van der Waals surface area (Å²) in [6.07, 6.45) is 3.16. The zero-order valence-corrected chi connectivity index (χ0v) is 24.7. The second kappa shape index (κ2) is 13.5. The number of rotatable bonds is 10. The molecule has 0 saturated carbocycles. The van der Waals surface area contributed by atoms with Gasteiger partial charge >= 0.3 is 0 Å². The molecule has 9 nitrogen and oxygen atoms in total. The van der Waals surface area contributed by atoms with Gasteiger partial charge in [-0.15, -0.1) is 0 Å². The summed E-state index contributed by atoms with van der Waals surface area (Å²) in [5, 5.41) is 7.06. The number of anilines is 3. The molecular formula is C29H35ClN6O3S. The maximum Gasteiger partial charge on any atom is 0.268 e. The van der Waals surface area contributed by atoms with Crippen LogP contribution in [-0.2, 0) is 16.8 Å². The van der Waals surface area contributed by atoms with E-state index in [1.165, 1.54) is 24.2 Å². The number of hydrogen-bond acceptors (Lipinski definition) is 8. The second-order valence-corrected chi connectivity index (χ2v) is 11.0. The average Bonchev–Trinajstić information content (AvgIpc) is 2.91. The molecule has 3 rings (SSSR count). The van der Waals surface area contributed by atoms with Crippen molar-refractivity contribution in [2.24, 2.45) is 11.6 Å². The molecule has 0 aliphatic carbocycles. The van der Waals surface area contributed by atoms with E-state index < -0.39 is 11.8 Å². The summed E-state index contributed by atoms with van der Waals surface area (Å²) < 4.78 is 8.85. The highest BCUT2D eigenvalue weighted by Crippen LogP contribution is 2.40.